The van der Waals surface area contributed by atoms with E-state index in [1.165, 1.54) is 11.1 Å². The lowest BCUT2D eigenvalue weighted by Crippen LogP contribution is -2.21. The number of para-hydroxylation sites is 1. The first kappa shape index (κ1) is 19.0. The molecule has 3 aromatic rings. The molecule has 0 bridgehead atoms. The summed E-state index contributed by atoms with van der Waals surface area (Å²) in [7, 11) is 0. The van der Waals surface area contributed by atoms with Crippen LogP contribution in [0.2, 0.25) is 0 Å². The van der Waals surface area contributed by atoms with Crippen LogP contribution >= 0.6 is 0 Å². The molecule has 0 aromatic heterocycles. The molecule has 3 aliphatic rings. The van der Waals surface area contributed by atoms with Gasteiger partial charge in [0, 0.05) is 36.0 Å². The molecular weight excluding hydrogens is 408 g/mol. The Kier molecular flexibility index (Phi) is 4.63. The highest BCUT2D eigenvalue weighted by Gasteiger charge is 2.33. The highest BCUT2D eigenvalue weighted by atomic mass is 16.7. The molecule has 0 unspecified atom stereocenters. The SMILES string of the molecule is O=C1C[C@@H](c2ccccc2OCCc2ccc3c(c2)CCO3)c2cc3c(cc2O1)OCO3. The quantitative estimate of drug-likeness (QED) is 0.441. The van der Waals surface area contributed by atoms with Crippen molar-refractivity contribution in [3.8, 4) is 28.7 Å². The van der Waals surface area contributed by atoms with E-state index in [4.69, 9.17) is 23.7 Å². The first-order valence-electron chi connectivity index (χ1n) is 10.8. The van der Waals surface area contributed by atoms with Gasteiger partial charge >= 0.3 is 5.97 Å². The number of fused-ring (bicyclic) bond motifs is 3. The topological polar surface area (TPSA) is 63.2 Å². The summed E-state index contributed by atoms with van der Waals surface area (Å²) in [5.41, 5.74) is 4.36. The van der Waals surface area contributed by atoms with Crippen LogP contribution in [0.5, 0.6) is 28.7 Å². The van der Waals surface area contributed by atoms with Crippen LogP contribution in [-0.2, 0) is 17.6 Å². The third-order valence-electron chi connectivity index (χ3n) is 6.17. The normalized spacial score (nSPS) is 17.9. The lowest BCUT2D eigenvalue weighted by Gasteiger charge is -2.26. The molecule has 0 spiro atoms. The van der Waals surface area contributed by atoms with Crippen LogP contribution in [0.25, 0.3) is 0 Å². The van der Waals surface area contributed by atoms with E-state index in [2.05, 4.69) is 12.1 Å². The van der Waals surface area contributed by atoms with Gasteiger partial charge in [0.1, 0.15) is 17.2 Å². The Morgan fingerprint density at radius 3 is 2.69 bits per heavy atom. The molecule has 6 heteroatoms. The van der Waals surface area contributed by atoms with Crippen LogP contribution in [0.1, 0.15) is 34.6 Å². The second-order valence-electron chi connectivity index (χ2n) is 8.15. The number of rotatable bonds is 5. The van der Waals surface area contributed by atoms with Crippen LogP contribution < -0.4 is 23.7 Å². The standard InChI is InChI=1S/C26H22O6/c27-26-13-19(20-12-24-25(31-15-30-24)14-23(20)32-26)18-3-1-2-4-22(18)29-9-7-16-5-6-21-17(11-16)8-10-28-21/h1-6,11-12,14,19H,7-10,13,15H2/t19-/m0/s1. The van der Waals surface area contributed by atoms with E-state index < -0.39 is 0 Å². The number of hydrogen-bond donors (Lipinski definition) is 0. The molecule has 0 radical (unpaired) electrons. The van der Waals surface area contributed by atoms with Crippen molar-refractivity contribution in [2.45, 2.75) is 25.2 Å². The number of benzene rings is 3. The molecule has 0 saturated carbocycles. The fourth-order valence-corrected chi connectivity index (χ4v) is 4.59. The van der Waals surface area contributed by atoms with Gasteiger partial charge in [0.05, 0.1) is 19.6 Å². The molecule has 3 aliphatic heterocycles. The van der Waals surface area contributed by atoms with Crippen LogP contribution in [-0.4, -0.2) is 26.0 Å². The molecule has 3 aromatic carbocycles. The van der Waals surface area contributed by atoms with E-state index >= 15 is 0 Å². The first-order chi connectivity index (χ1) is 15.7. The maximum atomic E-state index is 12.4. The highest BCUT2D eigenvalue weighted by molar-refractivity contribution is 5.79. The van der Waals surface area contributed by atoms with Gasteiger partial charge in [-0.2, -0.15) is 0 Å². The van der Waals surface area contributed by atoms with Crippen molar-refractivity contribution in [1.29, 1.82) is 0 Å². The van der Waals surface area contributed by atoms with Crippen LogP contribution in [0.4, 0.5) is 0 Å². The van der Waals surface area contributed by atoms with E-state index in [0.29, 0.717) is 23.9 Å². The summed E-state index contributed by atoms with van der Waals surface area (Å²) < 4.78 is 28.3. The average Bonchev–Trinajstić information content (AvgIpc) is 3.46. The summed E-state index contributed by atoms with van der Waals surface area (Å²) in [4.78, 5) is 12.4. The zero-order valence-corrected chi connectivity index (χ0v) is 17.5. The smallest absolute Gasteiger partial charge is 0.312 e. The van der Waals surface area contributed by atoms with E-state index in [1.54, 1.807) is 6.07 Å². The summed E-state index contributed by atoms with van der Waals surface area (Å²) in [6.07, 6.45) is 2.00. The largest absolute Gasteiger partial charge is 0.493 e. The van der Waals surface area contributed by atoms with Gasteiger partial charge in [-0.15, -0.1) is 0 Å². The average molecular weight is 430 g/mol. The van der Waals surface area contributed by atoms with Crippen LogP contribution in [0.15, 0.2) is 54.6 Å². The van der Waals surface area contributed by atoms with Gasteiger partial charge in [-0.25, -0.2) is 0 Å². The third-order valence-corrected chi connectivity index (χ3v) is 6.17. The third kappa shape index (κ3) is 3.42. The molecule has 0 fully saturated rings. The second kappa shape index (κ2) is 7.79. The van der Waals surface area contributed by atoms with Gasteiger partial charge in [-0.05, 0) is 29.3 Å². The predicted octanol–water partition coefficient (Wildman–Crippen LogP) is 4.41. The maximum Gasteiger partial charge on any atom is 0.312 e. The molecule has 0 aliphatic carbocycles. The number of hydrogen-bond acceptors (Lipinski definition) is 6. The maximum absolute atomic E-state index is 12.4. The summed E-state index contributed by atoms with van der Waals surface area (Å²) in [6, 6.07) is 17.9. The van der Waals surface area contributed by atoms with Gasteiger partial charge in [-0.3, -0.25) is 4.79 Å². The fourth-order valence-electron chi connectivity index (χ4n) is 4.59. The summed E-state index contributed by atoms with van der Waals surface area (Å²) in [5.74, 6) is 3.12. The highest BCUT2D eigenvalue weighted by Crippen LogP contribution is 2.47. The molecule has 0 saturated heterocycles. The van der Waals surface area contributed by atoms with Gasteiger partial charge < -0.3 is 23.7 Å². The number of carbonyl (C=O) groups is 1. The summed E-state index contributed by atoms with van der Waals surface area (Å²) in [5, 5.41) is 0. The summed E-state index contributed by atoms with van der Waals surface area (Å²) in [6.45, 7) is 1.47. The van der Waals surface area contributed by atoms with Gasteiger partial charge in [-0.1, -0.05) is 30.3 Å². The van der Waals surface area contributed by atoms with Crippen LogP contribution in [0, 0.1) is 0 Å². The molecule has 0 N–H and O–H groups in total. The molecule has 3 heterocycles. The van der Waals surface area contributed by atoms with Crippen LogP contribution in [0.3, 0.4) is 0 Å². The Bertz CT molecular complexity index is 1200. The minimum atomic E-state index is -0.267. The monoisotopic (exact) mass is 430 g/mol. The molecule has 6 rings (SSSR count). The van der Waals surface area contributed by atoms with Crippen molar-refractivity contribution in [2.24, 2.45) is 0 Å². The molecular formula is C26H22O6. The fraction of sp³-hybridized carbons (Fsp3) is 0.269. The Hall–Kier alpha value is -3.67. The number of ether oxygens (including phenoxy) is 5. The Morgan fingerprint density at radius 2 is 1.75 bits per heavy atom. The lowest BCUT2D eigenvalue weighted by molar-refractivity contribution is -0.135. The molecule has 32 heavy (non-hydrogen) atoms. The first-order valence-corrected chi connectivity index (χ1v) is 10.8. The van der Waals surface area contributed by atoms with E-state index in [-0.39, 0.29) is 25.1 Å². The van der Waals surface area contributed by atoms with Crippen molar-refractivity contribution < 1.29 is 28.5 Å². The molecule has 162 valence electrons. The van der Waals surface area contributed by atoms with Gasteiger partial charge in [0.2, 0.25) is 6.79 Å². The number of carbonyl (C=O) groups excluding carboxylic acids is 1. The van der Waals surface area contributed by atoms with Gasteiger partial charge in [0.25, 0.3) is 0 Å². The lowest BCUT2D eigenvalue weighted by atomic mass is 9.85. The van der Waals surface area contributed by atoms with Crippen molar-refractivity contribution in [3.05, 3.63) is 76.9 Å². The minimum absolute atomic E-state index is 0.172. The van der Waals surface area contributed by atoms with E-state index in [0.717, 1.165) is 42.1 Å². The zero-order valence-electron chi connectivity index (χ0n) is 17.5. The van der Waals surface area contributed by atoms with Gasteiger partial charge in [0.15, 0.2) is 11.5 Å². The van der Waals surface area contributed by atoms with Crippen molar-refractivity contribution in [2.75, 3.05) is 20.0 Å². The summed E-state index contributed by atoms with van der Waals surface area (Å²) >= 11 is 0. The zero-order chi connectivity index (χ0) is 21.5. The van der Waals surface area contributed by atoms with E-state index in [9.17, 15) is 4.79 Å². The van der Waals surface area contributed by atoms with Crippen molar-refractivity contribution >= 4 is 5.97 Å². The molecule has 0 amide bonds. The van der Waals surface area contributed by atoms with Crippen molar-refractivity contribution in [1.82, 2.24) is 0 Å². The Morgan fingerprint density at radius 1 is 0.875 bits per heavy atom. The Labute approximate surface area is 185 Å². The van der Waals surface area contributed by atoms with Crippen molar-refractivity contribution in [3.63, 3.8) is 0 Å². The predicted molar refractivity (Wildman–Crippen MR) is 116 cm³/mol. The number of esters is 1. The molecule has 6 nitrogen and oxygen atoms in total. The molecule has 1 atom stereocenters. The Balaban J connectivity index is 1.25. The second-order valence-corrected chi connectivity index (χ2v) is 8.15. The minimum Gasteiger partial charge on any atom is -0.493 e. The van der Waals surface area contributed by atoms with E-state index in [1.807, 2.05) is 36.4 Å².